The number of aromatic nitrogens is 1. The van der Waals surface area contributed by atoms with E-state index in [1.54, 1.807) is 6.20 Å². The van der Waals surface area contributed by atoms with Crippen LogP contribution in [0.4, 0.5) is 11.4 Å². The average Bonchev–Trinajstić information content (AvgIpc) is 3.16. The maximum absolute atomic E-state index is 11.0. The van der Waals surface area contributed by atoms with Gasteiger partial charge in [0, 0.05) is 25.3 Å². The zero-order chi connectivity index (χ0) is 14.1. The summed E-state index contributed by atoms with van der Waals surface area (Å²) in [5, 5.41) is 14.2. The van der Waals surface area contributed by atoms with Crippen LogP contribution in [0.25, 0.3) is 0 Å². The largest absolute Gasteiger partial charge is 0.378 e. The van der Waals surface area contributed by atoms with Gasteiger partial charge in [-0.2, -0.15) is 0 Å². The van der Waals surface area contributed by atoms with E-state index in [0.717, 1.165) is 25.7 Å². The maximum atomic E-state index is 11.0. The number of hydrogen-bond acceptors (Lipinski definition) is 5. The molecule has 3 rings (SSSR count). The molecule has 0 spiro atoms. The monoisotopic (exact) mass is 340 g/mol. The first-order chi connectivity index (χ1) is 9.65. The third-order valence-electron chi connectivity index (χ3n) is 4.02. The Balaban J connectivity index is 1.62. The number of pyridine rings is 1. The highest BCUT2D eigenvalue weighted by Gasteiger charge is 2.34. The molecule has 6 nitrogen and oxygen atoms in total. The van der Waals surface area contributed by atoms with Crippen molar-refractivity contribution in [1.82, 2.24) is 9.88 Å². The van der Waals surface area contributed by atoms with E-state index in [1.165, 1.54) is 25.5 Å². The lowest BCUT2D eigenvalue weighted by atomic mass is 10.1. The van der Waals surface area contributed by atoms with Crippen molar-refractivity contribution in [2.24, 2.45) is 5.92 Å². The van der Waals surface area contributed by atoms with E-state index in [0.29, 0.717) is 16.1 Å². The van der Waals surface area contributed by atoms with Crippen LogP contribution in [0.15, 0.2) is 16.9 Å². The Kier molecular flexibility index (Phi) is 3.89. The predicted octanol–water partition coefficient (Wildman–Crippen LogP) is 2.65. The van der Waals surface area contributed by atoms with E-state index >= 15 is 0 Å². The molecule has 0 aromatic carbocycles. The summed E-state index contributed by atoms with van der Waals surface area (Å²) in [5.41, 5.74) is 0.561. The molecule has 1 saturated carbocycles. The lowest BCUT2D eigenvalue weighted by molar-refractivity contribution is -0.384. The quantitative estimate of drug-likeness (QED) is 0.659. The van der Waals surface area contributed by atoms with Crippen LogP contribution in [0.3, 0.4) is 0 Å². The van der Waals surface area contributed by atoms with Crippen LogP contribution in [0.2, 0.25) is 0 Å². The molecule has 1 aliphatic carbocycles. The summed E-state index contributed by atoms with van der Waals surface area (Å²) in [4.78, 5) is 17.0. The van der Waals surface area contributed by atoms with Crippen molar-refractivity contribution >= 4 is 27.3 Å². The zero-order valence-electron chi connectivity index (χ0n) is 11.1. The van der Waals surface area contributed by atoms with Crippen LogP contribution in [0, 0.1) is 16.0 Å². The Labute approximate surface area is 125 Å². The van der Waals surface area contributed by atoms with Crippen LogP contribution in [-0.4, -0.2) is 40.5 Å². The normalized spacial score (nSPS) is 22.9. The molecule has 7 heteroatoms. The standard InChI is InChI=1S/C13H17BrN4O2/c14-11-6-15-7-12(18(19)20)13(11)16-5-9-3-4-17(8-9)10-1-2-10/h6-7,9-10H,1-5,8H2,(H,15,16). The molecular weight excluding hydrogens is 324 g/mol. The van der Waals surface area contributed by atoms with Gasteiger partial charge in [-0.1, -0.05) is 0 Å². The Bertz CT molecular complexity index is 521. The number of nitrogens with one attached hydrogen (secondary N) is 1. The molecule has 2 aliphatic rings. The van der Waals surface area contributed by atoms with Gasteiger partial charge in [-0.25, -0.2) is 0 Å². The van der Waals surface area contributed by atoms with E-state index in [1.807, 2.05) is 0 Å². The Morgan fingerprint density at radius 3 is 2.95 bits per heavy atom. The van der Waals surface area contributed by atoms with Gasteiger partial charge in [-0.15, -0.1) is 0 Å². The highest BCUT2D eigenvalue weighted by atomic mass is 79.9. The van der Waals surface area contributed by atoms with Crippen LogP contribution in [-0.2, 0) is 0 Å². The summed E-state index contributed by atoms with van der Waals surface area (Å²) in [6.45, 7) is 3.04. The molecule has 0 radical (unpaired) electrons. The van der Waals surface area contributed by atoms with Gasteiger partial charge in [0.1, 0.15) is 11.9 Å². The molecule has 108 valence electrons. The first-order valence-electron chi connectivity index (χ1n) is 6.91. The van der Waals surface area contributed by atoms with Gasteiger partial charge < -0.3 is 10.2 Å². The molecular formula is C13H17BrN4O2. The van der Waals surface area contributed by atoms with Crippen LogP contribution in [0.5, 0.6) is 0 Å². The molecule has 1 aromatic rings. The Hall–Kier alpha value is -1.21. The molecule has 1 aliphatic heterocycles. The van der Waals surface area contributed by atoms with E-state index in [-0.39, 0.29) is 5.69 Å². The van der Waals surface area contributed by atoms with Gasteiger partial charge in [0.05, 0.1) is 9.40 Å². The summed E-state index contributed by atoms with van der Waals surface area (Å²) >= 11 is 3.33. The van der Waals surface area contributed by atoms with Gasteiger partial charge in [-0.05, 0) is 47.7 Å². The van der Waals surface area contributed by atoms with Gasteiger partial charge in [0.25, 0.3) is 0 Å². The van der Waals surface area contributed by atoms with Gasteiger partial charge in [0.15, 0.2) is 0 Å². The second-order valence-electron chi connectivity index (χ2n) is 5.53. The lowest BCUT2D eigenvalue weighted by Gasteiger charge is -2.16. The molecule has 1 atom stereocenters. The Morgan fingerprint density at radius 2 is 2.25 bits per heavy atom. The summed E-state index contributed by atoms with van der Waals surface area (Å²) in [6.07, 6.45) is 6.71. The highest BCUT2D eigenvalue weighted by molar-refractivity contribution is 9.10. The van der Waals surface area contributed by atoms with Crippen LogP contribution < -0.4 is 5.32 Å². The minimum Gasteiger partial charge on any atom is -0.378 e. The fourth-order valence-corrected chi connectivity index (χ4v) is 3.25. The SMILES string of the molecule is O=[N+]([O-])c1cncc(Br)c1NCC1CCN(C2CC2)C1. The van der Waals surface area contributed by atoms with Crippen molar-refractivity contribution in [3.8, 4) is 0 Å². The molecule has 0 amide bonds. The minimum absolute atomic E-state index is 0.0245. The minimum atomic E-state index is -0.398. The zero-order valence-corrected chi connectivity index (χ0v) is 12.7. The molecule has 1 aromatic heterocycles. The van der Waals surface area contributed by atoms with Crippen LogP contribution in [0.1, 0.15) is 19.3 Å². The summed E-state index contributed by atoms with van der Waals surface area (Å²) in [5.74, 6) is 0.565. The van der Waals surface area contributed by atoms with Crippen molar-refractivity contribution in [3.05, 3.63) is 27.0 Å². The van der Waals surface area contributed by atoms with Crippen LogP contribution >= 0.6 is 15.9 Å². The third kappa shape index (κ3) is 2.93. The van der Waals surface area contributed by atoms with Gasteiger partial charge in [0.2, 0.25) is 0 Å². The molecule has 1 unspecified atom stereocenters. The fourth-order valence-electron chi connectivity index (χ4n) is 2.79. The van der Waals surface area contributed by atoms with Crippen molar-refractivity contribution in [3.63, 3.8) is 0 Å². The number of nitrogens with zero attached hydrogens (tertiary/aromatic N) is 3. The van der Waals surface area contributed by atoms with Crippen molar-refractivity contribution < 1.29 is 4.92 Å². The molecule has 0 bridgehead atoms. The number of hydrogen-bond donors (Lipinski definition) is 1. The first-order valence-corrected chi connectivity index (χ1v) is 7.70. The molecule has 2 heterocycles. The number of anilines is 1. The summed E-state index contributed by atoms with van der Waals surface area (Å²) in [7, 11) is 0. The number of nitro groups is 1. The van der Waals surface area contributed by atoms with Crippen molar-refractivity contribution in [1.29, 1.82) is 0 Å². The lowest BCUT2D eigenvalue weighted by Crippen LogP contribution is -2.25. The summed E-state index contributed by atoms with van der Waals surface area (Å²) < 4.78 is 0.642. The third-order valence-corrected chi connectivity index (χ3v) is 4.63. The first kappa shape index (κ1) is 13.8. The van der Waals surface area contributed by atoms with Gasteiger partial charge in [-0.3, -0.25) is 15.1 Å². The van der Waals surface area contributed by atoms with E-state index in [4.69, 9.17) is 0 Å². The highest BCUT2D eigenvalue weighted by Crippen LogP contribution is 2.34. The Morgan fingerprint density at radius 1 is 1.45 bits per heavy atom. The molecule has 1 N–H and O–H groups in total. The van der Waals surface area contributed by atoms with E-state index in [9.17, 15) is 10.1 Å². The number of rotatable bonds is 5. The van der Waals surface area contributed by atoms with Crippen molar-refractivity contribution in [2.45, 2.75) is 25.3 Å². The fraction of sp³-hybridized carbons (Fsp3) is 0.615. The van der Waals surface area contributed by atoms with E-state index < -0.39 is 4.92 Å². The topological polar surface area (TPSA) is 71.3 Å². The average molecular weight is 341 g/mol. The number of likely N-dealkylation sites (tertiary alicyclic amines) is 1. The van der Waals surface area contributed by atoms with E-state index in [2.05, 4.69) is 31.1 Å². The summed E-state index contributed by atoms with van der Waals surface area (Å²) in [6, 6.07) is 0.807. The maximum Gasteiger partial charge on any atom is 0.311 e. The van der Waals surface area contributed by atoms with Crippen molar-refractivity contribution in [2.75, 3.05) is 25.0 Å². The smallest absolute Gasteiger partial charge is 0.311 e. The second-order valence-corrected chi connectivity index (χ2v) is 6.39. The van der Waals surface area contributed by atoms with Gasteiger partial charge >= 0.3 is 5.69 Å². The second kappa shape index (κ2) is 5.65. The molecule has 2 fully saturated rings. The predicted molar refractivity (Wildman–Crippen MR) is 79.8 cm³/mol. The molecule has 1 saturated heterocycles. The number of halogens is 1. The molecule has 20 heavy (non-hydrogen) atoms.